The summed E-state index contributed by atoms with van der Waals surface area (Å²) in [5.74, 6) is 5.36. The molecule has 1 aromatic carbocycles. The van der Waals surface area contributed by atoms with Crippen LogP contribution in [0.3, 0.4) is 0 Å². The predicted molar refractivity (Wildman–Crippen MR) is 101 cm³/mol. The highest BCUT2D eigenvalue weighted by Gasteiger charge is 2.30. The number of halogens is 3. The van der Waals surface area contributed by atoms with Crippen LogP contribution in [0.1, 0.15) is 22.5 Å². The van der Waals surface area contributed by atoms with Crippen molar-refractivity contribution in [3.05, 3.63) is 71.2 Å². The number of ether oxygens (including phenoxy) is 1. The van der Waals surface area contributed by atoms with E-state index in [0.717, 1.165) is 12.1 Å². The summed E-state index contributed by atoms with van der Waals surface area (Å²) in [6.07, 6.45) is -2.65. The molecule has 3 rings (SSSR count). The first-order valence-electron chi connectivity index (χ1n) is 8.68. The van der Waals surface area contributed by atoms with Gasteiger partial charge < -0.3 is 4.74 Å². The van der Waals surface area contributed by atoms with E-state index in [1.165, 1.54) is 19.2 Å². The molecule has 0 amide bonds. The van der Waals surface area contributed by atoms with Gasteiger partial charge in [0.2, 0.25) is 0 Å². The zero-order chi connectivity index (χ0) is 21.0. The maximum absolute atomic E-state index is 12.9. The fourth-order valence-corrected chi connectivity index (χ4v) is 2.79. The summed E-state index contributed by atoms with van der Waals surface area (Å²) in [6, 6.07) is 10.3. The number of pyridine rings is 1. The topological polar surface area (TPSA) is 46.8 Å². The summed E-state index contributed by atoms with van der Waals surface area (Å²) in [4.78, 5) is 17.8. The number of alkyl halides is 3. The number of likely N-dealkylation sites (N-methyl/N-ethyl adjacent to an activating group) is 1. The Hall–Kier alpha value is -3.31. The summed E-state index contributed by atoms with van der Waals surface area (Å²) in [5.41, 5.74) is 1.32. The molecule has 0 aliphatic rings. The van der Waals surface area contributed by atoms with Gasteiger partial charge in [0.25, 0.3) is 0 Å². The summed E-state index contributed by atoms with van der Waals surface area (Å²) < 4.78 is 45.2. The Bertz CT molecular complexity index is 1090. The van der Waals surface area contributed by atoms with Gasteiger partial charge in [0.05, 0.1) is 24.9 Å². The predicted octanol–water partition coefficient (Wildman–Crippen LogP) is 3.36. The van der Waals surface area contributed by atoms with Crippen molar-refractivity contribution in [3.8, 4) is 11.8 Å². The second-order valence-electron chi connectivity index (χ2n) is 6.41. The van der Waals surface area contributed by atoms with Crippen molar-refractivity contribution >= 4 is 11.6 Å². The fourth-order valence-electron chi connectivity index (χ4n) is 2.79. The molecule has 150 valence electrons. The van der Waals surface area contributed by atoms with Crippen LogP contribution in [0.15, 0.2) is 48.7 Å². The van der Waals surface area contributed by atoms with E-state index in [-0.39, 0.29) is 18.1 Å². The number of aromatic nitrogens is 2. The Morgan fingerprint density at radius 1 is 1.21 bits per heavy atom. The number of hydrogen-bond donors (Lipinski definition) is 0. The number of rotatable bonds is 4. The molecule has 0 saturated heterocycles. The van der Waals surface area contributed by atoms with E-state index in [1.807, 2.05) is 12.1 Å². The minimum atomic E-state index is -4.43. The van der Waals surface area contributed by atoms with Crippen LogP contribution in [-0.4, -0.2) is 41.0 Å². The van der Waals surface area contributed by atoms with Gasteiger partial charge in [-0.15, -0.1) is 0 Å². The number of esters is 1. The average molecular weight is 401 g/mol. The quantitative estimate of drug-likeness (QED) is 0.497. The number of benzene rings is 1. The summed E-state index contributed by atoms with van der Waals surface area (Å²) in [5, 5.41) is 0. The number of hydrogen-bond acceptors (Lipinski definition) is 4. The summed E-state index contributed by atoms with van der Waals surface area (Å²) in [7, 11) is 3.05. The number of imidazole rings is 1. The fraction of sp³-hybridized carbons (Fsp3) is 0.238. The van der Waals surface area contributed by atoms with Gasteiger partial charge >= 0.3 is 12.1 Å². The normalized spacial score (nSPS) is 11.4. The molecule has 2 aromatic heterocycles. The van der Waals surface area contributed by atoms with Crippen molar-refractivity contribution in [3.63, 3.8) is 0 Å². The molecule has 0 radical (unpaired) electrons. The Kier molecular flexibility index (Phi) is 5.89. The minimum Gasteiger partial charge on any atom is -0.468 e. The van der Waals surface area contributed by atoms with E-state index in [4.69, 9.17) is 0 Å². The van der Waals surface area contributed by atoms with Gasteiger partial charge in [0.1, 0.15) is 11.3 Å². The second kappa shape index (κ2) is 8.37. The Labute approximate surface area is 165 Å². The third kappa shape index (κ3) is 4.95. The van der Waals surface area contributed by atoms with Crippen LogP contribution >= 0.6 is 0 Å². The largest absolute Gasteiger partial charge is 0.468 e. The molecule has 5 nitrogen and oxygen atoms in total. The average Bonchev–Trinajstić information content (AvgIpc) is 3.02. The van der Waals surface area contributed by atoms with Crippen molar-refractivity contribution in [2.75, 3.05) is 20.7 Å². The summed E-state index contributed by atoms with van der Waals surface area (Å²) >= 11 is 0. The Morgan fingerprint density at radius 2 is 2.00 bits per heavy atom. The van der Waals surface area contributed by atoms with Crippen LogP contribution in [-0.2, 0) is 22.3 Å². The first-order valence-corrected chi connectivity index (χ1v) is 8.68. The van der Waals surface area contributed by atoms with Gasteiger partial charge in [0.15, 0.2) is 0 Å². The molecule has 0 spiro atoms. The van der Waals surface area contributed by atoms with Gasteiger partial charge in [-0.25, -0.2) is 4.98 Å². The van der Waals surface area contributed by atoms with Crippen LogP contribution in [0.2, 0.25) is 0 Å². The second-order valence-corrected chi connectivity index (χ2v) is 6.41. The first kappa shape index (κ1) is 20.4. The molecule has 0 atom stereocenters. The van der Waals surface area contributed by atoms with Crippen molar-refractivity contribution < 1.29 is 22.7 Å². The number of methoxy groups -OCH3 is 1. The van der Waals surface area contributed by atoms with Crippen molar-refractivity contribution in [1.82, 2.24) is 14.3 Å². The Morgan fingerprint density at radius 3 is 2.72 bits per heavy atom. The Balaban J connectivity index is 1.97. The zero-order valence-corrected chi connectivity index (χ0v) is 15.8. The lowest BCUT2D eigenvalue weighted by atomic mass is 10.1. The first-order chi connectivity index (χ1) is 13.8. The van der Waals surface area contributed by atoms with Gasteiger partial charge in [-0.2, -0.15) is 13.2 Å². The molecule has 0 saturated carbocycles. The summed E-state index contributed by atoms with van der Waals surface area (Å²) in [6.45, 7) is 0.397. The lowest BCUT2D eigenvalue weighted by molar-refractivity contribution is -0.141. The molecule has 2 heterocycles. The molecule has 29 heavy (non-hydrogen) atoms. The van der Waals surface area contributed by atoms with Crippen molar-refractivity contribution in [2.24, 2.45) is 0 Å². The highest BCUT2D eigenvalue weighted by Crippen LogP contribution is 2.29. The van der Waals surface area contributed by atoms with E-state index in [0.29, 0.717) is 23.6 Å². The molecular weight excluding hydrogens is 383 g/mol. The molecule has 0 aliphatic carbocycles. The monoisotopic (exact) mass is 401 g/mol. The molecule has 0 fully saturated rings. The van der Waals surface area contributed by atoms with E-state index >= 15 is 0 Å². The standard InChI is InChI=1S/C21H18F3N3O2/c1-26(14-20(28)29-2)13-17-18(27-11-4-3-8-19(27)25-17)10-9-15-6-5-7-16(12-15)21(22,23)24/h3-8,11-12H,13-14H2,1-2H3. The highest BCUT2D eigenvalue weighted by molar-refractivity contribution is 5.71. The van der Waals surface area contributed by atoms with Crippen molar-refractivity contribution in [2.45, 2.75) is 12.7 Å². The number of carbonyl (C=O) groups is 1. The molecule has 0 bridgehead atoms. The van der Waals surface area contributed by atoms with Crippen LogP contribution in [0.4, 0.5) is 13.2 Å². The van der Waals surface area contributed by atoms with Gasteiger partial charge in [-0.05, 0) is 43.3 Å². The van der Waals surface area contributed by atoms with Gasteiger partial charge in [-0.3, -0.25) is 14.1 Å². The SMILES string of the molecule is COC(=O)CN(C)Cc1nc2ccccn2c1C#Cc1cccc(C(F)(F)F)c1. The lowest BCUT2D eigenvalue weighted by Gasteiger charge is -2.13. The van der Waals surface area contributed by atoms with Crippen LogP contribution in [0.25, 0.3) is 5.65 Å². The van der Waals surface area contributed by atoms with E-state index in [1.54, 1.807) is 28.6 Å². The van der Waals surface area contributed by atoms with E-state index in [9.17, 15) is 18.0 Å². The van der Waals surface area contributed by atoms with Crippen LogP contribution in [0.5, 0.6) is 0 Å². The minimum absolute atomic E-state index is 0.0743. The maximum Gasteiger partial charge on any atom is 0.416 e. The molecular formula is C21H18F3N3O2. The smallest absolute Gasteiger partial charge is 0.416 e. The van der Waals surface area contributed by atoms with Crippen molar-refractivity contribution in [1.29, 1.82) is 0 Å². The highest BCUT2D eigenvalue weighted by atomic mass is 19.4. The van der Waals surface area contributed by atoms with Gasteiger partial charge in [-0.1, -0.05) is 18.1 Å². The number of nitrogens with zero attached hydrogens (tertiary/aromatic N) is 3. The van der Waals surface area contributed by atoms with E-state index in [2.05, 4.69) is 21.6 Å². The molecule has 0 N–H and O–H groups in total. The van der Waals surface area contributed by atoms with Crippen LogP contribution in [0, 0.1) is 11.8 Å². The zero-order valence-electron chi connectivity index (χ0n) is 15.8. The lowest BCUT2D eigenvalue weighted by Crippen LogP contribution is -2.26. The third-order valence-corrected chi connectivity index (χ3v) is 4.16. The van der Waals surface area contributed by atoms with Crippen LogP contribution < -0.4 is 0 Å². The third-order valence-electron chi connectivity index (χ3n) is 4.16. The number of carbonyl (C=O) groups excluding carboxylic acids is 1. The number of fused-ring (bicyclic) bond motifs is 1. The molecule has 0 aliphatic heterocycles. The molecule has 0 unspecified atom stereocenters. The molecule has 3 aromatic rings. The maximum atomic E-state index is 12.9. The van der Waals surface area contributed by atoms with Gasteiger partial charge in [0, 0.05) is 18.3 Å². The molecule has 8 heteroatoms. The van der Waals surface area contributed by atoms with E-state index < -0.39 is 11.7 Å².